The average Bonchev–Trinajstić information content (AvgIpc) is 2.71. The highest BCUT2D eigenvalue weighted by atomic mass is 35.5. The van der Waals surface area contributed by atoms with Gasteiger partial charge in [0.15, 0.2) is 0 Å². The summed E-state index contributed by atoms with van der Waals surface area (Å²) in [5, 5.41) is 23.0. The molecule has 0 saturated carbocycles. The lowest BCUT2D eigenvalue weighted by atomic mass is 10.0. The van der Waals surface area contributed by atoms with Crippen molar-refractivity contribution >= 4 is 34.0 Å². The van der Waals surface area contributed by atoms with Crippen LogP contribution >= 0.6 is 12.4 Å². The van der Waals surface area contributed by atoms with Crippen LogP contribution in [0.3, 0.4) is 0 Å². The molecule has 0 heterocycles. The quantitative estimate of drug-likeness (QED) is 0.226. The molecule has 1 amide bonds. The van der Waals surface area contributed by atoms with Crippen molar-refractivity contribution in [2.75, 3.05) is 13.1 Å². The number of carbonyl (C=O) groups is 1. The number of non-ortho nitro benzene ring substituents is 1. The lowest BCUT2D eigenvalue weighted by molar-refractivity contribution is -0.384. The molecule has 0 bridgehead atoms. The molecule has 0 radical (unpaired) electrons. The molecule has 0 aliphatic heterocycles. The number of nitrogens with zero attached hydrogens (tertiary/aromatic N) is 1. The van der Waals surface area contributed by atoms with Gasteiger partial charge in [0.1, 0.15) is 6.10 Å². The Labute approximate surface area is 180 Å². The van der Waals surface area contributed by atoms with Crippen LogP contribution < -0.4 is 15.8 Å². The molecule has 2 atom stereocenters. The van der Waals surface area contributed by atoms with Crippen molar-refractivity contribution in [2.24, 2.45) is 5.73 Å². The first kappa shape index (κ1) is 25.5. The van der Waals surface area contributed by atoms with Crippen LogP contribution in [0.2, 0.25) is 0 Å². The maximum absolute atomic E-state index is 12.1. The Morgan fingerprint density at radius 3 is 2.27 bits per heavy atom. The Kier molecular flexibility index (Phi) is 9.82. The number of nitrogens with one attached hydrogen (secondary N) is 2. The number of hydrogen-bond acceptors (Lipinski definition) is 7. The number of nitro benzene ring substituents is 1. The zero-order valence-corrected chi connectivity index (χ0v) is 17.4. The Morgan fingerprint density at radius 2 is 1.70 bits per heavy atom. The highest BCUT2D eigenvalue weighted by Gasteiger charge is 2.23. The zero-order valence-electron chi connectivity index (χ0n) is 15.8. The normalized spacial score (nSPS) is 13.0. The number of benzene rings is 2. The van der Waals surface area contributed by atoms with E-state index in [1.54, 1.807) is 0 Å². The molecule has 164 valence electrons. The summed E-state index contributed by atoms with van der Waals surface area (Å²) >= 11 is 0. The summed E-state index contributed by atoms with van der Waals surface area (Å²) in [4.78, 5) is 21.8. The molecule has 30 heavy (non-hydrogen) atoms. The maximum Gasteiger partial charge on any atom is 0.269 e. The molecule has 2 aromatic rings. The predicted octanol–water partition coefficient (Wildman–Crippen LogP) is 0.342. The van der Waals surface area contributed by atoms with Gasteiger partial charge in [-0.2, -0.15) is 0 Å². The fourth-order valence-electron chi connectivity index (χ4n) is 2.50. The maximum atomic E-state index is 12.1. The summed E-state index contributed by atoms with van der Waals surface area (Å²) in [6.45, 7) is -0.203. The van der Waals surface area contributed by atoms with Gasteiger partial charge < -0.3 is 16.2 Å². The van der Waals surface area contributed by atoms with Crippen LogP contribution in [0.25, 0.3) is 0 Å². The van der Waals surface area contributed by atoms with Crippen LogP contribution in [0.5, 0.6) is 0 Å². The highest BCUT2D eigenvalue weighted by molar-refractivity contribution is 7.89. The fraction of sp³-hybridized carbons (Fsp3) is 0.278. The van der Waals surface area contributed by atoms with E-state index in [2.05, 4.69) is 10.0 Å². The Balaban J connectivity index is 0.00000450. The van der Waals surface area contributed by atoms with Crippen LogP contribution in [-0.2, 0) is 21.2 Å². The summed E-state index contributed by atoms with van der Waals surface area (Å²) in [6, 6.07) is 12.7. The van der Waals surface area contributed by atoms with Crippen LogP contribution in [0.15, 0.2) is 59.5 Å². The Bertz CT molecular complexity index is 941. The fourth-order valence-corrected chi connectivity index (χ4v) is 3.53. The Morgan fingerprint density at radius 1 is 1.10 bits per heavy atom. The van der Waals surface area contributed by atoms with Crippen molar-refractivity contribution < 1.29 is 23.2 Å². The van der Waals surface area contributed by atoms with Crippen molar-refractivity contribution in [3.8, 4) is 0 Å². The third-order valence-electron chi connectivity index (χ3n) is 4.06. The van der Waals surface area contributed by atoms with Crippen molar-refractivity contribution in [3.05, 3.63) is 70.3 Å². The molecule has 0 spiro atoms. The number of nitrogens with two attached hydrogens (primary N) is 1. The highest BCUT2D eigenvalue weighted by Crippen LogP contribution is 2.15. The first-order chi connectivity index (χ1) is 13.7. The molecule has 0 aromatic heterocycles. The number of amides is 1. The smallest absolute Gasteiger partial charge is 0.269 e. The summed E-state index contributed by atoms with van der Waals surface area (Å²) in [6.07, 6.45) is -1.14. The largest absolute Gasteiger partial charge is 0.382 e. The summed E-state index contributed by atoms with van der Waals surface area (Å²) in [5.41, 5.74) is 6.52. The lowest BCUT2D eigenvalue weighted by Crippen LogP contribution is -2.48. The van der Waals surface area contributed by atoms with Crippen LogP contribution in [-0.4, -0.2) is 49.6 Å². The van der Waals surface area contributed by atoms with E-state index < -0.39 is 33.0 Å². The monoisotopic (exact) mass is 458 g/mol. The SMILES string of the molecule is Cl.NC(Cc1ccccc1)C(O)C(=O)NCCNS(=O)(=O)c1ccc([N+](=O)[O-])cc1. The van der Waals surface area contributed by atoms with Crippen molar-refractivity contribution in [3.63, 3.8) is 0 Å². The molecular formula is C18H23ClN4O6S. The van der Waals surface area contributed by atoms with Gasteiger partial charge in [0.2, 0.25) is 10.0 Å². The van der Waals surface area contributed by atoms with Crippen LogP contribution in [0.1, 0.15) is 5.56 Å². The molecule has 2 unspecified atom stereocenters. The van der Waals surface area contributed by atoms with Crippen molar-refractivity contribution in [1.82, 2.24) is 10.0 Å². The zero-order chi connectivity index (χ0) is 21.4. The second-order valence-electron chi connectivity index (χ2n) is 6.24. The topological polar surface area (TPSA) is 165 Å². The summed E-state index contributed by atoms with van der Waals surface area (Å²) < 4.78 is 26.5. The van der Waals surface area contributed by atoms with E-state index in [1.807, 2.05) is 30.3 Å². The number of aliphatic hydroxyl groups is 1. The average molecular weight is 459 g/mol. The predicted molar refractivity (Wildman–Crippen MR) is 113 cm³/mol. The second kappa shape index (κ2) is 11.6. The van der Waals surface area contributed by atoms with E-state index in [0.717, 1.165) is 29.8 Å². The summed E-state index contributed by atoms with van der Waals surface area (Å²) in [7, 11) is -3.89. The number of halogens is 1. The first-order valence-corrected chi connectivity index (χ1v) is 10.2. The second-order valence-corrected chi connectivity index (χ2v) is 8.01. The van der Waals surface area contributed by atoms with E-state index in [1.165, 1.54) is 0 Å². The molecule has 0 saturated heterocycles. The van der Waals surface area contributed by atoms with E-state index in [0.29, 0.717) is 6.42 Å². The van der Waals surface area contributed by atoms with E-state index >= 15 is 0 Å². The van der Waals surface area contributed by atoms with E-state index in [4.69, 9.17) is 5.73 Å². The molecule has 0 aliphatic rings. The molecule has 12 heteroatoms. The first-order valence-electron chi connectivity index (χ1n) is 8.70. The van der Waals surface area contributed by atoms with Gasteiger partial charge in [-0.1, -0.05) is 30.3 Å². The minimum Gasteiger partial charge on any atom is -0.382 e. The lowest BCUT2D eigenvalue weighted by Gasteiger charge is -2.18. The number of aliphatic hydroxyl groups excluding tert-OH is 1. The minimum absolute atomic E-state index is 0. The minimum atomic E-state index is -3.89. The standard InChI is InChI=1S/C18H22N4O6S.ClH/c19-16(12-13-4-2-1-3-5-13)17(23)18(24)20-10-11-21-29(27,28)15-8-6-14(7-9-15)22(25)26;/h1-9,16-17,21,23H,10-12,19H2,(H,20,24);1H. The van der Waals surface area contributed by atoms with Crippen LogP contribution in [0, 0.1) is 10.1 Å². The van der Waals surface area contributed by atoms with Gasteiger partial charge in [0, 0.05) is 31.3 Å². The number of rotatable bonds is 10. The van der Waals surface area contributed by atoms with Gasteiger partial charge in [-0.15, -0.1) is 12.4 Å². The molecular weight excluding hydrogens is 436 g/mol. The third kappa shape index (κ3) is 7.35. The Hall–Kier alpha value is -2.57. The van der Waals surface area contributed by atoms with Gasteiger partial charge in [-0.3, -0.25) is 14.9 Å². The number of sulfonamides is 1. The summed E-state index contributed by atoms with van der Waals surface area (Å²) in [5.74, 6) is -0.706. The molecule has 0 aliphatic carbocycles. The number of hydrogen-bond donors (Lipinski definition) is 4. The molecule has 5 N–H and O–H groups in total. The van der Waals surface area contributed by atoms with E-state index in [9.17, 15) is 28.4 Å². The van der Waals surface area contributed by atoms with Crippen molar-refractivity contribution in [1.29, 1.82) is 0 Å². The van der Waals surface area contributed by atoms with Gasteiger partial charge in [-0.25, -0.2) is 13.1 Å². The molecule has 10 nitrogen and oxygen atoms in total. The van der Waals surface area contributed by atoms with E-state index in [-0.39, 0.29) is 36.1 Å². The molecule has 0 fully saturated rings. The molecule has 2 aromatic carbocycles. The number of nitro groups is 1. The van der Waals surface area contributed by atoms with Gasteiger partial charge in [-0.05, 0) is 24.1 Å². The van der Waals surface area contributed by atoms with Crippen molar-refractivity contribution in [2.45, 2.75) is 23.5 Å². The van der Waals surface area contributed by atoms with Crippen LogP contribution in [0.4, 0.5) is 5.69 Å². The van der Waals surface area contributed by atoms with Gasteiger partial charge >= 0.3 is 0 Å². The third-order valence-corrected chi connectivity index (χ3v) is 5.54. The molecule has 2 rings (SSSR count). The van der Waals surface area contributed by atoms with Gasteiger partial charge in [0.25, 0.3) is 11.6 Å². The number of carbonyl (C=O) groups excluding carboxylic acids is 1. The van der Waals surface area contributed by atoms with Gasteiger partial charge in [0.05, 0.1) is 9.82 Å².